The minimum absolute atomic E-state index is 0.0551. The van der Waals surface area contributed by atoms with Gasteiger partial charge in [0.2, 0.25) is 0 Å². The van der Waals surface area contributed by atoms with Gasteiger partial charge in [-0.15, -0.1) is 0 Å². The number of carbonyl (C=O) groups is 1. The molecule has 0 aliphatic heterocycles. The van der Waals surface area contributed by atoms with Crippen LogP contribution in [0.5, 0.6) is 11.5 Å². The molecule has 0 radical (unpaired) electrons. The molecule has 0 unspecified atom stereocenters. The Morgan fingerprint density at radius 3 is 2.76 bits per heavy atom. The molecule has 1 rings (SSSR count). The van der Waals surface area contributed by atoms with Gasteiger partial charge in [-0.25, -0.2) is 0 Å². The number of phenolic OH excluding ortho intramolecular Hbond substituents is 1. The van der Waals surface area contributed by atoms with E-state index >= 15 is 0 Å². The van der Waals surface area contributed by atoms with Crippen LogP contribution in [0.3, 0.4) is 0 Å². The van der Waals surface area contributed by atoms with Crippen molar-refractivity contribution in [2.24, 2.45) is 0 Å². The summed E-state index contributed by atoms with van der Waals surface area (Å²) in [5.74, 6) is 0.162. The van der Waals surface area contributed by atoms with E-state index in [1.54, 1.807) is 6.07 Å². The van der Waals surface area contributed by atoms with E-state index in [-0.39, 0.29) is 17.2 Å². The smallest absolute Gasteiger partial charge is 0.255 e. The molecule has 0 saturated heterocycles. The summed E-state index contributed by atoms with van der Waals surface area (Å²) in [6, 6.07) is 4.55. The lowest BCUT2D eigenvalue weighted by molar-refractivity contribution is 0.0955. The third-order valence-electron chi connectivity index (χ3n) is 2.22. The van der Waals surface area contributed by atoms with Crippen LogP contribution in [0.1, 0.15) is 24.2 Å². The first kappa shape index (κ1) is 13.1. The third-order valence-corrected chi connectivity index (χ3v) is 2.22. The average molecular weight is 235 g/mol. The van der Waals surface area contributed by atoms with E-state index in [0.29, 0.717) is 12.3 Å². The monoisotopic (exact) mass is 235 g/mol. The summed E-state index contributed by atoms with van der Waals surface area (Å²) < 4.78 is 5.00. The molecule has 17 heavy (non-hydrogen) atoms. The van der Waals surface area contributed by atoms with Crippen LogP contribution < -0.4 is 10.1 Å². The zero-order valence-corrected chi connectivity index (χ0v) is 10.3. The van der Waals surface area contributed by atoms with E-state index in [2.05, 4.69) is 5.32 Å². The van der Waals surface area contributed by atoms with Crippen molar-refractivity contribution < 1.29 is 14.6 Å². The van der Waals surface area contributed by atoms with Gasteiger partial charge in [0.15, 0.2) is 0 Å². The number of allylic oxidation sites excluding steroid dienone is 1. The first-order chi connectivity index (χ1) is 8.04. The summed E-state index contributed by atoms with van der Waals surface area (Å²) in [7, 11) is 1.51. The fraction of sp³-hybridized carbons (Fsp3) is 0.308. The van der Waals surface area contributed by atoms with Gasteiger partial charge in [-0.1, -0.05) is 11.6 Å². The van der Waals surface area contributed by atoms with Crippen molar-refractivity contribution in [3.8, 4) is 11.5 Å². The average Bonchev–Trinajstić information content (AvgIpc) is 2.29. The summed E-state index contributed by atoms with van der Waals surface area (Å²) in [5.41, 5.74) is 1.34. The standard InChI is InChI=1S/C13H17NO3/c1-9(2)6-7-14-13(16)11-8-10(17-3)4-5-12(11)15/h4-6,8,15H,7H2,1-3H3,(H,14,16). The van der Waals surface area contributed by atoms with Crippen molar-refractivity contribution in [2.75, 3.05) is 13.7 Å². The lowest BCUT2D eigenvalue weighted by Gasteiger charge is -2.07. The van der Waals surface area contributed by atoms with Crippen LogP contribution in [0.2, 0.25) is 0 Å². The Kier molecular flexibility index (Phi) is 4.57. The zero-order chi connectivity index (χ0) is 12.8. The van der Waals surface area contributed by atoms with Gasteiger partial charge in [0.1, 0.15) is 11.5 Å². The first-order valence-electron chi connectivity index (χ1n) is 5.33. The maximum absolute atomic E-state index is 11.8. The van der Waals surface area contributed by atoms with Gasteiger partial charge in [0, 0.05) is 6.54 Å². The summed E-state index contributed by atoms with van der Waals surface area (Å²) in [6.07, 6.45) is 1.90. The van der Waals surface area contributed by atoms with Crippen molar-refractivity contribution in [3.63, 3.8) is 0 Å². The summed E-state index contributed by atoms with van der Waals surface area (Å²) in [4.78, 5) is 11.8. The maximum Gasteiger partial charge on any atom is 0.255 e. The Bertz CT molecular complexity index is 434. The normalized spacial score (nSPS) is 9.59. The number of rotatable bonds is 4. The van der Waals surface area contributed by atoms with E-state index in [1.165, 1.54) is 19.2 Å². The van der Waals surface area contributed by atoms with Gasteiger partial charge in [-0.3, -0.25) is 4.79 Å². The van der Waals surface area contributed by atoms with Gasteiger partial charge in [0.25, 0.3) is 5.91 Å². The number of phenols is 1. The molecule has 0 fully saturated rings. The predicted octanol–water partition coefficient (Wildman–Crippen LogP) is 2.10. The molecule has 0 bridgehead atoms. The van der Waals surface area contributed by atoms with Gasteiger partial charge >= 0.3 is 0 Å². The predicted molar refractivity (Wildman–Crippen MR) is 66.4 cm³/mol. The van der Waals surface area contributed by atoms with Crippen LogP contribution >= 0.6 is 0 Å². The van der Waals surface area contributed by atoms with Crippen molar-refractivity contribution in [3.05, 3.63) is 35.4 Å². The lowest BCUT2D eigenvalue weighted by Crippen LogP contribution is -2.23. The number of carbonyl (C=O) groups excluding carboxylic acids is 1. The number of benzene rings is 1. The molecular weight excluding hydrogens is 218 g/mol. The molecule has 1 aromatic rings. The second-order valence-corrected chi connectivity index (χ2v) is 3.87. The molecule has 0 saturated carbocycles. The van der Waals surface area contributed by atoms with Gasteiger partial charge in [0.05, 0.1) is 12.7 Å². The molecule has 1 amide bonds. The molecule has 4 heteroatoms. The number of methoxy groups -OCH3 is 1. The summed E-state index contributed by atoms with van der Waals surface area (Å²) in [5, 5.41) is 12.3. The zero-order valence-electron chi connectivity index (χ0n) is 10.3. The molecule has 0 aromatic heterocycles. The fourth-order valence-corrected chi connectivity index (χ4v) is 1.27. The van der Waals surface area contributed by atoms with Crippen LogP contribution in [0.4, 0.5) is 0 Å². The largest absolute Gasteiger partial charge is 0.507 e. The Morgan fingerprint density at radius 2 is 2.18 bits per heavy atom. The molecule has 0 atom stereocenters. The Labute approximate surface area is 101 Å². The number of aromatic hydroxyl groups is 1. The molecule has 0 spiro atoms. The molecule has 92 valence electrons. The number of nitrogens with one attached hydrogen (secondary N) is 1. The number of amides is 1. The van der Waals surface area contributed by atoms with Crippen LogP contribution in [-0.4, -0.2) is 24.7 Å². The van der Waals surface area contributed by atoms with Gasteiger partial charge in [-0.2, -0.15) is 0 Å². The quantitative estimate of drug-likeness (QED) is 0.786. The van der Waals surface area contributed by atoms with Crippen molar-refractivity contribution >= 4 is 5.91 Å². The highest BCUT2D eigenvalue weighted by molar-refractivity contribution is 5.97. The van der Waals surface area contributed by atoms with Crippen LogP contribution in [-0.2, 0) is 0 Å². The third kappa shape index (κ3) is 3.83. The maximum atomic E-state index is 11.8. The summed E-state index contributed by atoms with van der Waals surface area (Å²) >= 11 is 0. The second-order valence-electron chi connectivity index (χ2n) is 3.87. The summed E-state index contributed by atoms with van der Waals surface area (Å²) in [6.45, 7) is 4.35. The van der Waals surface area contributed by atoms with E-state index in [4.69, 9.17) is 4.74 Å². The number of ether oxygens (including phenoxy) is 1. The highest BCUT2D eigenvalue weighted by Crippen LogP contribution is 2.22. The second kappa shape index (κ2) is 5.94. The molecule has 2 N–H and O–H groups in total. The van der Waals surface area contributed by atoms with Crippen LogP contribution in [0, 0.1) is 0 Å². The SMILES string of the molecule is COc1ccc(O)c(C(=O)NCC=C(C)C)c1. The molecule has 0 aliphatic rings. The van der Waals surface area contributed by atoms with Crippen LogP contribution in [0.25, 0.3) is 0 Å². The Morgan fingerprint density at radius 1 is 1.47 bits per heavy atom. The van der Waals surface area contributed by atoms with E-state index in [1.807, 2.05) is 19.9 Å². The topological polar surface area (TPSA) is 58.6 Å². The number of hydrogen-bond donors (Lipinski definition) is 2. The molecular formula is C13H17NO3. The minimum Gasteiger partial charge on any atom is -0.507 e. The van der Waals surface area contributed by atoms with Crippen molar-refractivity contribution in [1.29, 1.82) is 0 Å². The van der Waals surface area contributed by atoms with Crippen molar-refractivity contribution in [2.45, 2.75) is 13.8 Å². The van der Waals surface area contributed by atoms with E-state index in [9.17, 15) is 9.90 Å². The highest BCUT2D eigenvalue weighted by Gasteiger charge is 2.11. The number of hydrogen-bond acceptors (Lipinski definition) is 3. The first-order valence-corrected chi connectivity index (χ1v) is 5.33. The molecule has 0 heterocycles. The van der Waals surface area contributed by atoms with Gasteiger partial charge < -0.3 is 15.2 Å². The van der Waals surface area contributed by atoms with Crippen molar-refractivity contribution in [1.82, 2.24) is 5.32 Å². The minimum atomic E-state index is -0.320. The Balaban J connectivity index is 2.77. The van der Waals surface area contributed by atoms with Crippen LogP contribution in [0.15, 0.2) is 29.8 Å². The Hall–Kier alpha value is -1.97. The lowest BCUT2D eigenvalue weighted by atomic mass is 10.1. The van der Waals surface area contributed by atoms with E-state index in [0.717, 1.165) is 5.57 Å². The molecule has 1 aromatic carbocycles. The molecule has 0 aliphatic carbocycles. The van der Waals surface area contributed by atoms with E-state index < -0.39 is 0 Å². The fourth-order valence-electron chi connectivity index (χ4n) is 1.27. The highest BCUT2D eigenvalue weighted by atomic mass is 16.5. The van der Waals surface area contributed by atoms with Gasteiger partial charge in [-0.05, 0) is 32.0 Å². The molecule has 4 nitrogen and oxygen atoms in total.